The minimum Gasteiger partial charge on any atom is -0.379 e. The van der Waals surface area contributed by atoms with Crippen molar-refractivity contribution < 1.29 is 9.13 Å². The van der Waals surface area contributed by atoms with Gasteiger partial charge in [0.15, 0.2) is 0 Å². The largest absolute Gasteiger partial charge is 0.379 e. The molecule has 4 rings (SSSR count). The number of anilines is 1. The predicted octanol–water partition coefficient (Wildman–Crippen LogP) is 3.02. The van der Waals surface area contributed by atoms with Crippen molar-refractivity contribution in [3.05, 3.63) is 76.1 Å². The zero-order valence-electron chi connectivity index (χ0n) is 17.5. The molecular formula is C23H26FN5O2. The van der Waals surface area contributed by atoms with Gasteiger partial charge < -0.3 is 15.0 Å². The maximum atomic E-state index is 13.4. The number of aryl methyl sites for hydroxylation is 1. The van der Waals surface area contributed by atoms with E-state index in [-0.39, 0.29) is 17.4 Å². The van der Waals surface area contributed by atoms with Gasteiger partial charge in [-0.3, -0.25) is 9.69 Å². The van der Waals surface area contributed by atoms with E-state index in [2.05, 4.69) is 25.2 Å². The highest BCUT2D eigenvalue weighted by Gasteiger charge is 2.22. The lowest BCUT2D eigenvalue weighted by molar-refractivity contribution is 0.0187. The monoisotopic (exact) mass is 423 g/mol. The van der Waals surface area contributed by atoms with E-state index in [1.807, 2.05) is 31.2 Å². The summed E-state index contributed by atoms with van der Waals surface area (Å²) in [6, 6.07) is 12.0. The van der Waals surface area contributed by atoms with Crippen LogP contribution in [-0.2, 0) is 11.2 Å². The Hall–Kier alpha value is -3.10. The summed E-state index contributed by atoms with van der Waals surface area (Å²) in [6.07, 6.45) is 2.39. The number of pyridine rings is 1. The maximum absolute atomic E-state index is 13.4. The Morgan fingerprint density at radius 3 is 2.65 bits per heavy atom. The third kappa shape index (κ3) is 5.34. The molecule has 8 heteroatoms. The molecule has 1 aliphatic heterocycles. The molecule has 162 valence electrons. The molecule has 0 aliphatic carbocycles. The van der Waals surface area contributed by atoms with Crippen LogP contribution in [0.15, 0.2) is 53.5 Å². The average molecular weight is 423 g/mol. The quantitative estimate of drug-likeness (QED) is 0.608. The van der Waals surface area contributed by atoms with Crippen molar-refractivity contribution in [1.29, 1.82) is 0 Å². The van der Waals surface area contributed by atoms with Gasteiger partial charge in [0.2, 0.25) is 0 Å². The molecule has 1 aromatic carbocycles. The van der Waals surface area contributed by atoms with Crippen LogP contribution >= 0.6 is 0 Å². The minimum atomic E-state index is -0.242. The van der Waals surface area contributed by atoms with E-state index in [0.717, 1.165) is 35.7 Å². The Labute approximate surface area is 180 Å². The van der Waals surface area contributed by atoms with Gasteiger partial charge >= 0.3 is 0 Å². The zero-order valence-corrected chi connectivity index (χ0v) is 17.5. The second-order valence-corrected chi connectivity index (χ2v) is 7.47. The van der Waals surface area contributed by atoms with Gasteiger partial charge in [-0.1, -0.05) is 19.1 Å². The molecule has 0 saturated carbocycles. The fourth-order valence-electron chi connectivity index (χ4n) is 3.70. The van der Waals surface area contributed by atoms with Crippen LogP contribution in [0, 0.1) is 5.82 Å². The molecule has 2 N–H and O–H groups in total. The number of nitrogens with zero attached hydrogens (tertiary/aromatic N) is 3. The lowest BCUT2D eigenvalue weighted by Gasteiger charge is -2.35. The summed E-state index contributed by atoms with van der Waals surface area (Å²) in [5, 5.41) is 3.39. The van der Waals surface area contributed by atoms with Crippen LogP contribution in [-0.4, -0.2) is 52.7 Å². The Kier molecular flexibility index (Phi) is 6.69. The fourth-order valence-corrected chi connectivity index (χ4v) is 3.70. The van der Waals surface area contributed by atoms with Crippen LogP contribution in [0.25, 0.3) is 11.4 Å². The molecule has 1 aliphatic rings. The van der Waals surface area contributed by atoms with Crippen LogP contribution in [0.4, 0.5) is 10.2 Å². The molecule has 1 unspecified atom stereocenters. The number of aromatic amines is 1. The highest BCUT2D eigenvalue weighted by molar-refractivity contribution is 5.55. The summed E-state index contributed by atoms with van der Waals surface area (Å²) < 4.78 is 18.9. The lowest BCUT2D eigenvalue weighted by Crippen LogP contribution is -2.41. The Bertz CT molecular complexity index is 1050. The van der Waals surface area contributed by atoms with Crippen molar-refractivity contribution in [1.82, 2.24) is 19.9 Å². The molecule has 1 atom stereocenters. The zero-order chi connectivity index (χ0) is 21.6. The Morgan fingerprint density at radius 2 is 1.97 bits per heavy atom. The highest BCUT2D eigenvalue weighted by Crippen LogP contribution is 2.23. The first-order valence-corrected chi connectivity index (χ1v) is 10.5. The van der Waals surface area contributed by atoms with Crippen molar-refractivity contribution in [2.75, 3.05) is 38.2 Å². The first-order valence-electron chi connectivity index (χ1n) is 10.5. The Morgan fingerprint density at radius 1 is 1.19 bits per heavy atom. The minimum absolute atomic E-state index is 0.0743. The van der Waals surface area contributed by atoms with Crippen LogP contribution in [0.1, 0.15) is 24.2 Å². The first-order chi connectivity index (χ1) is 15.1. The molecule has 2 aromatic heterocycles. The Balaban J connectivity index is 1.48. The normalized spacial score (nSPS) is 15.5. The van der Waals surface area contributed by atoms with Crippen LogP contribution in [0.2, 0.25) is 0 Å². The summed E-state index contributed by atoms with van der Waals surface area (Å²) in [5.74, 6) is 0.993. The van der Waals surface area contributed by atoms with E-state index in [1.54, 1.807) is 6.20 Å². The fraction of sp³-hybridized carbons (Fsp3) is 0.348. The van der Waals surface area contributed by atoms with Crippen molar-refractivity contribution in [3.63, 3.8) is 0 Å². The van der Waals surface area contributed by atoms with Crippen molar-refractivity contribution in [2.24, 2.45) is 0 Å². The SMILES string of the molecule is CCc1cc(=O)[nH]c(-c2ccc(NCC(c3ccc(F)cc3)N3CCOCC3)nc2)n1. The molecule has 1 saturated heterocycles. The number of hydrogen-bond donors (Lipinski definition) is 2. The molecular weight excluding hydrogens is 397 g/mol. The molecule has 0 bridgehead atoms. The van der Waals surface area contributed by atoms with Gasteiger partial charge in [0.05, 0.1) is 19.3 Å². The van der Waals surface area contributed by atoms with Crippen LogP contribution < -0.4 is 10.9 Å². The van der Waals surface area contributed by atoms with E-state index in [4.69, 9.17) is 4.74 Å². The number of aromatic nitrogens is 3. The predicted molar refractivity (Wildman–Crippen MR) is 117 cm³/mol. The first kappa shape index (κ1) is 21.1. The van der Waals surface area contributed by atoms with Gasteiger partial charge in [0.25, 0.3) is 5.56 Å². The topological polar surface area (TPSA) is 83.1 Å². The molecule has 0 radical (unpaired) electrons. The number of hydrogen-bond acceptors (Lipinski definition) is 6. The number of benzene rings is 1. The summed E-state index contributed by atoms with van der Waals surface area (Å²) in [7, 11) is 0. The van der Waals surface area contributed by atoms with E-state index in [9.17, 15) is 9.18 Å². The van der Waals surface area contributed by atoms with E-state index < -0.39 is 0 Å². The van der Waals surface area contributed by atoms with Gasteiger partial charge in [-0.05, 0) is 36.2 Å². The summed E-state index contributed by atoms with van der Waals surface area (Å²) in [6.45, 7) is 5.60. The van der Waals surface area contributed by atoms with Crippen molar-refractivity contribution >= 4 is 5.82 Å². The smallest absolute Gasteiger partial charge is 0.251 e. The third-order valence-electron chi connectivity index (χ3n) is 5.41. The third-order valence-corrected chi connectivity index (χ3v) is 5.41. The van der Waals surface area contributed by atoms with Crippen molar-refractivity contribution in [3.8, 4) is 11.4 Å². The molecule has 0 amide bonds. The van der Waals surface area contributed by atoms with E-state index in [0.29, 0.717) is 32.0 Å². The second-order valence-electron chi connectivity index (χ2n) is 7.47. The molecule has 3 aromatic rings. The molecule has 3 heterocycles. The molecule has 0 spiro atoms. The summed E-state index contributed by atoms with van der Waals surface area (Å²) in [5.41, 5.74) is 2.37. The molecule has 7 nitrogen and oxygen atoms in total. The van der Waals surface area contributed by atoms with Gasteiger partial charge in [-0.2, -0.15) is 0 Å². The highest BCUT2D eigenvalue weighted by atomic mass is 19.1. The number of halogens is 1. The molecule has 31 heavy (non-hydrogen) atoms. The average Bonchev–Trinajstić information content (AvgIpc) is 2.81. The van der Waals surface area contributed by atoms with Gasteiger partial charge in [-0.15, -0.1) is 0 Å². The number of morpholine rings is 1. The standard InChI is InChI=1S/C23H26FN5O2/c1-2-19-13-22(30)28-23(27-19)17-5-8-21(25-14-17)26-15-20(29-9-11-31-12-10-29)16-3-6-18(24)7-4-16/h3-8,13-14,20H,2,9-12,15H2,1H3,(H,25,26)(H,27,28,30). The summed E-state index contributed by atoms with van der Waals surface area (Å²) in [4.78, 5) is 25.9. The molecule has 1 fully saturated rings. The van der Waals surface area contributed by atoms with Crippen LogP contribution in [0.5, 0.6) is 0 Å². The summed E-state index contributed by atoms with van der Waals surface area (Å²) >= 11 is 0. The van der Waals surface area contributed by atoms with E-state index >= 15 is 0 Å². The number of H-pyrrole nitrogens is 1. The number of ether oxygens (including phenoxy) is 1. The van der Waals surface area contributed by atoms with Crippen molar-refractivity contribution in [2.45, 2.75) is 19.4 Å². The number of rotatable bonds is 7. The van der Waals surface area contributed by atoms with Gasteiger partial charge in [0, 0.05) is 43.2 Å². The van der Waals surface area contributed by atoms with E-state index in [1.165, 1.54) is 18.2 Å². The van der Waals surface area contributed by atoms with Gasteiger partial charge in [-0.25, -0.2) is 14.4 Å². The van der Waals surface area contributed by atoms with Crippen LogP contribution in [0.3, 0.4) is 0 Å². The maximum Gasteiger partial charge on any atom is 0.251 e. The lowest BCUT2D eigenvalue weighted by atomic mass is 10.0. The van der Waals surface area contributed by atoms with Gasteiger partial charge in [0.1, 0.15) is 17.5 Å². The second kappa shape index (κ2) is 9.80. The number of nitrogens with one attached hydrogen (secondary N) is 2.